The monoisotopic (exact) mass is 594 g/mol. The van der Waals surface area contributed by atoms with Crippen molar-refractivity contribution in [2.75, 3.05) is 6.61 Å². The van der Waals surface area contributed by atoms with E-state index in [9.17, 15) is 19.2 Å². The summed E-state index contributed by atoms with van der Waals surface area (Å²) in [5.74, 6) is -2.27. The van der Waals surface area contributed by atoms with Gasteiger partial charge in [0.2, 0.25) is 0 Å². The third kappa shape index (κ3) is 5.12. The first-order valence-corrected chi connectivity index (χ1v) is 14.5. The average molecular weight is 595 g/mol. The van der Waals surface area contributed by atoms with Crippen LogP contribution in [0, 0.1) is 0 Å². The van der Waals surface area contributed by atoms with Crippen LogP contribution in [0.4, 0.5) is 4.79 Å². The smallest absolute Gasteiger partial charge is 0.407 e. The van der Waals surface area contributed by atoms with Crippen molar-refractivity contribution in [1.82, 2.24) is 10.4 Å². The van der Waals surface area contributed by atoms with Crippen molar-refractivity contribution in [1.29, 1.82) is 0 Å². The SMILES string of the molecule is O=C(NCc1ccccc1-c1cccc(C(=O)ON2C(=O)c3ccccc3C2=O)c1)OCC1c2ccccc2-c2ccccc21. The number of carbonyl (C=O) groups excluding carboxylic acids is 4. The van der Waals surface area contributed by atoms with E-state index >= 15 is 0 Å². The molecule has 2 aliphatic rings. The molecule has 1 heterocycles. The van der Waals surface area contributed by atoms with Gasteiger partial charge in [-0.05, 0) is 63.2 Å². The predicted molar refractivity (Wildman–Crippen MR) is 166 cm³/mol. The number of benzene rings is 5. The molecule has 0 aromatic heterocycles. The maximum atomic E-state index is 13.0. The maximum absolute atomic E-state index is 13.0. The van der Waals surface area contributed by atoms with Crippen LogP contribution in [0.25, 0.3) is 22.3 Å². The fourth-order valence-electron chi connectivity index (χ4n) is 5.97. The maximum Gasteiger partial charge on any atom is 0.407 e. The van der Waals surface area contributed by atoms with Gasteiger partial charge in [-0.3, -0.25) is 9.59 Å². The molecule has 3 amide bonds. The Hall–Kier alpha value is -6.02. The van der Waals surface area contributed by atoms with Gasteiger partial charge in [0.1, 0.15) is 6.61 Å². The minimum Gasteiger partial charge on any atom is -0.449 e. The van der Waals surface area contributed by atoms with E-state index in [1.54, 1.807) is 30.3 Å². The first kappa shape index (κ1) is 27.8. The molecule has 8 heteroatoms. The lowest BCUT2D eigenvalue weighted by Crippen LogP contribution is -2.32. The van der Waals surface area contributed by atoms with E-state index in [2.05, 4.69) is 29.6 Å². The number of alkyl carbamates (subject to hydrolysis) is 1. The highest BCUT2D eigenvalue weighted by Gasteiger charge is 2.39. The largest absolute Gasteiger partial charge is 0.449 e. The third-order valence-corrected chi connectivity index (χ3v) is 8.12. The van der Waals surface area contributed by atoms with Crippen molar-refractivity contribution in [2.45, 2.75) is 12.5 Å². The standard InChI is InChI=1S/C37H26N2O6/c40-34-31-18-7-8-19-32(31)35(41)39(34)45-36(42)24-12-9-11-23(20-24)26-13-2-1-10-25(26)21-38-37(43)44-22-33-29-16-5-3-14-27(29)28-15-4-6-17-30(28)33/h1-20,33H,21-22H2,(H,38,43). The lowest BCUT2D eigenvalue weighted by atomic mass is 9.98. The fourth-order valence-corrected chi connectivity index (χ4v) is 5.97. The summed E-state index contributed by atoms with van der Waals surface area (Å²) in [6.45, 7) is 0.398. The van der Waals surface area contributed by atoms with Gasteiger partial charge in [-0.25, -0.2) is 9.59 Å². The first-order chi connectivity index (χ1) is 22.0. The molecule has 7 rings (SSSR count). The van der Waals surface area contributed by atoms with Gasteiger partial charge < -0.3 is 14.9 Å². The normalized spacial score (nSPS) is 13.2. The van der Waals surface area contributed by atoms with Gasteiger partial charge in [0.05, 0.1) is 16.7 Å². The van der Waals surface area contributed by atoms with Crippen LogP contribution in [-0.4, -0.2) is 35.5 Å². The Morgan fingerprint density at radius 1 is 0.644 bits per heavy atom. The zero-order valence-corrected chi connectivity index (χ0v) is 23.9. The molecule has 0 spiro atoms. The highest BCUT2D eigenvalue weighted by molar-refractivity contribution is 6.21. The van der Waals surface area contributed by atoms with Crippen molar-refractivity contribution in [3.63, 3.8) is 0 Å². The van der Waals surface area contributed by atoms with Gasteiger partial charge in [-0.15, -0.1) is 0 Å². The molecule has 8 nitrogen and oxygen atoms in total. The molecule has 0 saturated heterocycles. The Labute approximate surface area is 258 Å². The minimum atomic E-state index is -0.847. The van der Waals surface area contributed by atoms with Gasteiger partial charge in [-0.2, -0.15) is 0 Å². The Morgan fingerprint density at radius 2 is 1.20 bits per heavy atom. The molecule has 0 saturated carbocycles. The number of hydrogen-bond donors (Lipinski definition) is 1. The molecule has 0 unspecified atom stereocenters. The lowest BCUT2D eigenvalue weighted by molar-refractivity contribution is -0.0584. The summed E-state index contributed by atoms with van der Waals surface area (Å²) in [6.07, 6.45) is -0.537. The van der Waals surface area contributed by atoms with E-state index in [1.807, 2.05) is 54.6 Å². The topological polar surface area (TPSA) is 102 Å². The van der Waals surface area contributed by atoms with Crippen LogP contribution in [-0.2, 0) is 16.1 Å². The molecule has 45 heavy (non-hydrogen) atoms. The molecule has 0 fully saturated rings. The highest BCUT2D eigenvalue weighted by Crippen LogP contribution is 2.44. The molecule has 5 aromatic carbocycles. The van der Waals surface area contributed by atoms with Crippen LogP contribution in [0.5, 0.6) is 0 Å². The Bertz CT molecular complexity index is 1920. The van der Waals surface area contributed by atoms with Gasteiger partial charge in [0, 0.05) is 12.5 Å². The number of carbonyl (C=O) groups is 4. The number of hydrogen-bond acceptors (Lipinski definition) is 6. The summed E-state index contributed by atoms with van der Waals surface area (Å²) in [4.78, 5) is 56.4. The Morgan fingerprint density at radius 3 is 1.84 bits per heavy atom. The quantitative estimate of drug-likeness (QED) is 0.209. The summed E-state index contributed by atoms with van der Waals surface area (Å²) in [7, 11) is 0. The summed E-state index contributed by atoms with van der Waals surface area (Å²) >= 11 is 0. The molecule has 220 valence electrons. The molecule has 1 aliphatic heterocycles. The minimum absolute atomic E-state index is 0.0433. The molecule has 1 aliphatic carbocycles. The summed E-state index contributed by atoms with van der Waals surface area (Å²) in [6, 6.07) is 36.8. The second-order valence-electron chi connectivity index (χ2n) is 10.7. The second-order valence-corrected chi connectivity index (χ2v) is 10.7. The summed E-state index contributed by atoms with van der Waals surface area (Å²) in [5.41, 5.74) is 7.39. The van der Waals surface area contributed by atoms with Crippen LogP contribution in [0.15, 0.2) is 121 Å². The van der Waals surface area contributed by atoms with Gasteiger partial charge in [0.25, 0.3) is 11.8 Å². The summed E-state index contributed by atoms with van der Waals surface area (Å²) < 4.78 is 5.69. The molecule has 0 radical (unpaired) electrons. The predicted octanol–water partition coefficient (Wildman–Crippen LogP) is 6.76. The molecular formula is C37H26N2O6. The van der Waals surface area contributed by atoms with E-state index < -0.39 is 23.9 Å². The molecule has 0 atom stereocenters. The third-order valence-electron chi connectivity index (χ3n) is 8.12. The number of rotatable bonds is 7. The van der Waals surface area contributed by atoms with Crippen molar-refractivity contribution >= 4 is 23.9 Å². The first-order valence-electron chi connectivity index (χ1n) is 14.5. The van der Waals surface area contributed by atoms with Crippen LogP contribution in [0.2, 0.25) is 0 Å². The zero-order chi connectivity index (χ0) is 30.9. The van der Waals surface area contributed by atoms with Crippen molar-refractivity contribution in [3.8, 4) is 22.3 Å². The van der Waals surface area contributed by atoms with Crippen LogP contribution < -0.4 is 5.32 Å². The Kier molecular flexibility index (Phi) is 7.15. The number of amides is 3. The second kappa shape index (κ2) is 11.6. The van der Waals surface area contributed by atoms with Crippen LogP contribution in [0.3, 0.4) is 0 Å². The van der Waals surface area contributed by atoms with Crippen molar-refractivity contribution < 1.29 is 28.8 Å². The molecule has 0 bridgehead atoms. The highest BCUT2D eigenvalue weighted by atomic mass is 16.7. The van der Waals surface area contributed by atoms with Gasteiger partial charge in [0.15, 0.2) is 0 Å². The van der Waals surface area contributed by atoms with E-state index in [1.165, 1.54) is 12.1 Å². The zero-order valence-electron chi connectivity index (χ0n) is 23.9. The lowest BCUT2D eigenvalue weighted by Gasteiger charge is -2.16. The molecule has 5 aromatic rings. The van der Waals surface area contributed by atoms with Gasteiger partial charge >= 0.3 is 12.1 Å². The van der Waals surface area contributed by atoms with Crippen molar-refractivity contribution in [3.05, 3.63) is 155 Å². The van der Waals surface area contributed by atoms with Crippen molar-refractivity contribution in [2.24, 2.45) is 0 Å². The number of ether oxygens (including phenoxy) is 1. The van der Waals surface area contributed by atoms with Crippen LogP contribution in [0.1, 0.15) is 53.7 Å². The molecular weight excluding hydrogens is 568 g/mol. The number of nitrogens with zero attached hydrogens (tertiary/aromatic N) is 1. The van der Waals surface area contributed by atoms with Gasteiger partial charge in [-0.1, -0.05) is 102 Å². The number of fused-ring (bicyclic) bond motifs is 4. The van der Waals surface area contributed by atoms with E-state index in [-0.39, 0.29) is 35.8 Å². The number of hydroxylamine groups is 2. The van der Waals surface area contributed by atoms with E-state index in [0.29, 0.717) is 10.6 Å². The fraction of sp³-hybridized carbons (Fsp3) is 0.0811. The Balaban J connectivity index is 1.02. The number of nitrogens with one attached hydrogen (secondary N) is 1. The molecule has 1 N–H and O–H groups in total. The van der Waals surface area contributed by atoms with E-state index in [0.717, 1.165) is 33.4 Å². The number of imide groups is 1. The van der Waals surface area contributed by atoms with Crippen LogP contribution >= 0.6 is 0 Å². The average Bonchev–Trinajstić information content (AvgIpc) is 3.53. The van der Waals surface area contributed by atoms with E-state index in [4.69, 9.17) is 9.57 Å². The summed E-state index contributed by atoms with van der Waals surface area (Å²) in [5, 5.41) is 3.34.